The monoisotopic (exact) mass is 517 g/mol. The molecule has 0 aliphatic rings. The van der Waals surface area contributed by atoms with E-state index in [1.165, 1.54) is 24.3 Å². The van der Waals surface area contributed by atoms with Gasteiger partial charge < -0.3 is 9.80 Å². The average Bonchev–Trinajstić information content (AvgIpc) is 2.81. The van der Waals surface area contributed by atoms with Crippen LogP contribution in [-0.4, -0.2) is 72.9 Å². The van der Waals surface area contributed by atoms with Gasteiger partial charge in [0.25, 0.3) is 0 Å². The van der Waals surface area contributed by atoms with Crippen LogP contribution in [0.4, 0.5) is 0 Å². The Balaban J connectivity index is -0.000000656. The van der Waals surface area contributed by atoms with Crippen molar-refractivity contribution in [3.63, 3.8) is 0 Å². The molecule has 206 valence electrons. The van der Waals surface area contributed by atoms with E-state index in [2.05, 4.69) is 79.7 Å². The summed E-state index contributed by atoms with van der Waals surface area (Å²) in [6, 6.07) is 2.02. The molecule has 0 N–H and O–H groups in total. The fourth-order valence-corrected chi connectivity index (χ4v) is 3.86. The van der Waals surface area contributed by atoms with E-state index in [-0.39, 0.29) is 5.41 Å². The third-order valence-electron chi connectivity index (χ3n) is 4.26. The summed E-state index contributed by atoms with van der Waals surface area (Å²) in [4.78, 5) is 8.52. The molecule has 0 rings (SSSR count). The highest BCUT2D eigenvalue weighted by Crippen LogP contribution is 2.18. The van der Waals surface area contributed by atoms with Crippen LogP contribution in [-0.2, 0) is 0 Å². The van der Waals surface area contributed by atoms with Crippen LogP contribution < -0.4 is 0 Å². The van der Waals surface area contributed by atoms with Crippen molar-refractivity contribution in [1.29, 1.82) is 5.26 Å². The second-order valence-electron chi connectivity index (χ2n) is 9.56. The summed E-state index contributed by atoms with van der Waals surface area (Å²) in [6.45, 7) is 29.5. The van der Waals surface area contributed by atoms with Gasteiger partial charge in [0.15, 0.2) is 0 Å². The Kier molecular flexibility index (Phi) is 26.3. The Labute approximate surface area is 229 Å². The van der Waals surface area contributed by atoms with Gasteiger partial charge in [-0.2, -0.15) is 5.26 Å². The Morgan fingerprint density at radius 3 is 2.00 bits per heavy atom. The molecule has 0 aromatic rings. The van der Waals surface area contributed by atoms with Crippen molar-refractivity contribution < 1.29 is 0 Å². The maximum absolute atomic E-state index is 8.77. The molecule has 36 heavy (non-hydrogen) atoms. The number of rotatable bonds is 15. The van der Waals surface area contributed by atoms with Gasteiger partial charge in [-0.05, 0) is 44.5 Å². The lowest BCUT2D eigenvalue weighted by Gasteiger charge is -2.31. The van der Waals surface area contributed by atoms with Gasteiger partial charge in [0, 0.05) is 50.9 Å². The van der Waals surface area contributed by atoms with Crippen LogP contribution in [0.25, 0.3) is 0 Å². The Morgan fingerprint density at radius 2 is 1.61 bits per heavy atom. The van der Waals surface area contributed by atoms with E-state index in [9.17, 15) is 0 Å². The molecular weight excluding hydrogens is 462 g/mol. The van der Waals surface area contributed by atoms with Gasteiger partial charge in [0.05, 0.1) is 0 Å². The summed E-state index contributed by atoms with van der Waals surface area (Å²) in [5.74, 6) is 1.21. The van der Waals surface area contributed by atoms with Crippen molar-refractivity contribution in [2.45, 2.75) is 61.3 Å². The van der Waals surface area contributed by atoms with Crippen LogP contribution in [0.5, 0.6) is 0 Å². The summed E-state index contributed by atoms with van der Waals surface area (Å²) in [5, 5.41) is 8.77. The lowest BCUT2D eigenvalue weighted by Crippen LogP contribution is -2.33. The van der Waals surface area contributed by atoms with Crippen LogP contribution in [0, 0.1) is 16.7 Å². The number of aliphatic imine (C=N–C) groups is 1. The van der Waals surface area contributed by atoms with Gasteiger partial charge in [0.1, 0.15) is 11.8 Å². The number of hydrogen-bond donors (Lipinski definition) is 0. The largest absolute Gasteiger partial charge is 0.376 e. The molecule has 6 heteroatoms. The molecule has 0 saturated carbocycles. The van der Waals surface area contributed by atoms with E-state index in [1.54, 1.807) is 19.2 Å². The minimum absolute atomic E-state index is 0.216. The molecule has 0 atom stereocenters. The van der Waals surface area contributed by atoms with Crippen LogP contribution in [0.15, 0.2) is 66.5 Å². The molecule has 5 nitrogen and oxygen atoms in total. The number of likely N-dealkylation sites (N-methyl/N-ethyl adjacent to an activating group) is 2. The number of hydrogen-bond acceptors (Lipinski definition) is 6. The van der Waals surface area contributed by atoms with Crippen molar-refractivity contribution in [3.8, 4) is 6.07 Å². The Hall–Kier alpha value is -2.07. The number of nitriles is 1. The number of allylic oxidation sites excluding steroid dienone is 3. The van der Waals surface area contributed by atoms with Gasteiger partial charge in [-0.25, -0.2) is 9.30 Å². The summed E-state index contributed by atoms with van der Waals surface area (Å²) in [5.41, 5.74) is 2.74. The van der Waals surface area contributed by atoms with Crippen molar-refractivity contribution >= 4 is 17.7 Å². The molecule has 0 heterocycles. The zero-order valence-corrected chi connectivity index (χ0v) is 25.9. The highest BCUT2D eigenvalue weighted by molar-refractivity contribution is 7.97. The first kappa shape index (κ1) is 38.5. The highest BCUT2D eigenvalue weighted by Gasteiger charge is 2.16. The molecule has 0 bridgehead atoms. The van der Waals surface area contributed by atoms with Crippen molar-refractivity contribution in [2.75, 3.05) is 53.1 Å². The van der Waals surface area contributed by atoms with E-state index in [0.29, 0.717) is 5.71 Å². The molecule has 0 amide bonds. The molecule has 0 unspecified atom stereocenters. The topological polar surface area (TPSA) is 45.9 Å². The summed E-state index contributed by atoms with van der Waals surface area (Å²) >= 11 is 1.89. The molecule has 0 aromatic carbocycles. The lowest BCUT2D eigenvalue weighted by molar-refractivity contribution is 0.251. The fourth-order valence-electron chi connectivity index (χ4n) is 2.76. The van der Waals surface area contributed by atoms with E-state index >= 15 is 0 Å². The summed E-state index contributed by atoms with van der Waals surface area (Å²) in [6.07, 6.45) is 11.9. The number of nitrogens with zero attached hydrogens (tertiary/aromatic N) is 5. The van der Waals surface area contributed by atoms with Gasteiger partial charge in [-0.15, -0.1) is 13.2 Å². The Bertz CT molecular complexity index is 711. The maximum Gasteiger partial charge on any atom is 0.115 e. The normalized spacial score (nSPS) is 12.1. The first-order chi connectivity index (χ1) is 16.9. The smallest absolute Gasteiger partial charge is 0.115 e. The van der Waals surface area contributed by atoms with Gasteiger partial charge >= 0.3 is 0 Å². The predicted molar refractivity (Wildman–Crippen MR) is 166 cm³/mol. The van der Waals surface area contributed by atoms with E-state index in [0.717, 1.165) is 31.8 Å². The van der Waals surface area contributed by atoms with Gasteiger partial charge in [0.2, 0.25) is 0 Å². The molecular formula is C30H55N5S. The Morgan fingerprint density at radius 1 is 1.06 bits per heavy atom. The third-order valence-corrected chi connectivity index (χ3v) is 5.39. The molecule has 0 spiro atoms. The van der Waals surface area contributed by atoms with Crippen molar-refractivity contribution in [1.82, 2.24) is 14.1 Å². The van der Waals surface area contributed by atoms with Crippen LogP contribution in [0.2, 0.25) is 0 Å². The second kappa shape index (κ2) is 24.6. The summed E-state index contributed by atoms with van der Waals surface area (Å²) < 4.78 is 2.27. The standard InChI is InChI=1S/C18H30N4.C10H19NS.C2H6/c1-9-16(12-20-15(2)11-19)10-17(13-21(6)7)22(8)14-18(3,4)5;1-4-7-10-12-11(8-5-2)9-6-3;1-2/h9-10,12H,1,13-14H2,2-8H3;5-6H,2-4,7-10H2,1H3;1-2H3/b16-12+,17-10-,20-15?;;. The first-order valence-electron chi connectivity index (χ1n) is 12.9. The molecule has 0 saturated heterocycles. The van der Waals surface area contributed by atoms with Crippen LogP contribution >= 0.6 is 11.9 Å². The molecule has 0 aliphatic heterocycles. The SMILES string of the molecule is C=CC(/C=C(/CN(C)C)N(C)CC(C)(C)C)=C\N=C(C)C#N.C=CCN(CC=C)SCCCC.CC. The molecule has 0 aliphatic carbocycles. The third kappa shape index (κ3) is 25.0. The van der Waals surface area contributed by atoms with Crippen LogP contribution in [0.3, 0.4) is 0 Å². The zero-order chi connectivity index (χ0) is 28.6. The van der Waals surface area contributed by atoms with Gasteiger partial charge in [-0.1, -0.05) is 84.7 Å². The molecule has 0 aromatic heterocycles. The second-order valence-corrected chi connectivity index (χ2v) is 10.7. The lowest BCUT2D eigenvalue weighted by atomic mass is 9.96. The zero-order valence-electron chi connectivity index (χ0n) is 25.1. The maximum atomic E-state index is 8.77. The minimum Gasteiger partial charge on any atom is -0.376 e. The first-order valence-corrected chi connectivity index (χ1v) is 13.8. The van der Waals surface area contributed by atoms with Gasteiger partial charge in [-0.3, -0.25) is 0 Å². The summed E-state index contributed by atoms with van der Waals surface area (Å²) in [7, 11) is 6.20. The highest BCUT2D eigenvalue weighted by atomic mass is 32.2. The van der Waals surface area contributed by atoms with E-state index in [1.807, 2.05) is 58.1 Å². The van der Waals surface area contributed by atoms with Crippen LogP contribution in [0.1, 0.15) is 61.3 Å². The average molecular weight is 518 g/mol. The predicted octanol–water partition coefficient (Wildman–Crippen LogP) is 7.60. The van der Waals surface area contributed by atoms with Crippen molar-refractivity contribution in [3.05, 3.63) is 61.5 Å². The fraction of sp³-hybridized carbons (Fsp3) is 0.600. The molecule has 0 fully saturated rings. The minimum atomic E-state index is 0.216. The molecule has 0 radical (unpaired) electrons. The van der Waals surface area contributed by atoms with E-state index < -0.39 is 0 Å². The van der Waals surface area contributed by atoms with Crippen molar-refractivity contribution in [2.24, 2.45) is 10.4 Å². The number of unbranched alkanes of at least 4 members (excludes halogenated alkanes) is 1. The van der Waals surface area contributed by atoms with E-state index in [4.69, 9.17) is 5.26 Å². The quantitative estimate of drug-likeness (QED) is 0.0736.